The smallest absolute Gasteiger partial charge is 0.287 e. The fourth-order valence-electron chi connectivity index (χ4n) is 2.38. The molecular formula is C16H15N7O3. The van der Waals surface area contributed by atoms with Gasteiger partial charge in [0.1, 0.15) is 11.7 Å². The molecule has 0 aliphatic heterocycles. The van der Waals surface area contributed by atoms with E-state index < -0.39 is 23.6 Å². The summed E-state index contributed by atoms with van der Waals surface area (Å²) in [6.45, 7) is 0. The van der Waals surface area contributed by atoms with Gasteiger partial charge in [0.25, 0.3) is 11.8 Å². The van der Waals surface area contributed by atoms with Crippen LogP contribution in [0.25, 0.3) is 5.82 Å². The molecule has 0 saturated carbocycles. The fraction of sp³-hybridized carbons (Fsp3) is 0.125. The third-order valence-corrected chi connectivity index (χ3v) is 3.60. The highest BCUT2D eigenvalue weighted by atomic mass is 16.2. The zero-order valence-corrected chi connectivity index (χ0v) is 13.5. The fourth-order valence-corrected chi connectivity index (χ4v) is 2.38. The third kappa shape index (κ3) is 3.64. The highest BCUT2D eigenvalue weighted by Crippen LogP contribution is 2.09. The van der Waals surface area contributed by atoms with Crippen LogP contribution in [0.5, 0.6) is 0 Å². The number of ketones is 1. The monoisotopic (exact) mass is 353 g/mol. The molecule has 3 rings (SSSR count). The predicted octanol–water partition coefficient (Wildman–Crippen LogP) is -0.614. The van der Waals surface area contributed by atoms with Crippen molar-refractivity contribution in [2.45, 2.75) is 12.5 Å². The molecule has 1 unspecified atom stereocenters. The number of carbonyl (C=O) groups is 3. The standard InChI is InChI=1S/C16H15N7O3/c17-15(25)14(24)11(7-10-8-19-20-9-10)22-16(26)12-4-6-21-23(12)13-3-1-2-5-18-13/h1-6,8-9,11H,7H2,(H2,17,25)(H,19,20)(H,22,26). The number of aromatic amines is 1. The lowest BCUT2D eigenvalue weighted by Crippen LogP contribution is -2.47. The Hall–Kier alpha value is -3.82. The summed E-state index contributed by atoms with van der Waals surface area (Å²) >= 11 is 0. The van der Waals surface area contributed by atoms with E-state index in [0.717, 1.165) is 0 Å². The van der Waals surface area contributed by atoms with E-state index in [4.69, 9.17) is 5.73 Å². The first-order chi connectivity index (χ1) is 12.6. The molecule has 3 aromatic heterocycles. The minimum Gasteiger partial charge on any atom is -0.363 e. The summed E-state index contributed by atoms with van der Waals surface area (Å²) in [6, 6.07) is 5.53. The van der Waals surface area contributed by atoms with E-state index in [1.165, 1.54) is 23.1 Å². The number of H-pyrrole nitrogens is 1. The lowest BCUT2D eigenvalue weighted by molar-refractivity contribution is -0.137. The third-order valence-electron chi connectivity index (χ3n) is 3.60. The summed E-state index contributed by atoms with van der Waals surface area (Å²) < 4.78 is 1.33. The van der Waals surface area contributed by atoms with E-state index in [9.17, 15) is 14.4 Å². The molecular weight excluding hydrogens is 338 g/mol. The average molecular weight is 353 g/mol. The van der Waals surface area contributed by atoms with E-state index in [0.29, 0.717) is 11.4 Å². The Labute approximate surface area is 147 Å². The van der Waals surface area contributed by atoms with Crippen molar-refractivity contribution in [1.82, 2.24) is 30.3 Å². The highest BCUT2D eigenvalue weighted by molar-refractivity contribution is 6.38. The maximum absolute atomic E-state index is 12.6. The number of carbonyl (C=O) groups excluding carboxylic acids is 3. The number of nitrogens with one attached hydrogen (secondary N) is 2. The Morgan fingerprint density at radius 2 is 2.08 bits per heavy atom. The van der Waals surface area contributed by atoms with Gasteiger partial charge in [0.05, 0.1) is 12.4 Å². The molecule has 2 amide bonds. The van der Waals surface area contributed by atoms with Gasteiger partial charge in [-0.05, 0) is 23.8 Å². The Morgan fingerprint density at radius 1 is 1.23 bits per heavy atom. The zero-order valence-electron chi connectivity index (χ0n) is 13.5. The molecule has 0 fully saturated rings. The second-order valence-electron chi connectivity index (χ2n) is 5.38. The van der Waals surface area contributed by atoms with Gasteiger partial charge in [0.2, 0.25) is 5.78 Å². The molecule has 132 valence electrons. The van der Waals surface area contributed by atoms with Crippen molar-refractivity contribution in [3.63, 3.8) is 0 Å². The molecule has 0 spiro atoms. The molecule has 0 radical (unpaired) electrons. The van der Waals surface area contributed by atoms with E-state index in [1.807, 2.05) is 0 Å². The molecule has 0 saturated heterocycles. The van der Waals surface area contributed by atoms with Crippen molar-refractivity contribution in [1.29, 1.82) is 0 Å². The van der Waals surface area contributed by atoms with E-state index in [2.05, 4.69) is 25.6 Å². The number of hydrogen-bond donors (Lipinski definition) is 3. The molecule has 0 aromatic carbocycles. The highest BCUT2D eigenvalue weighted by Gasteiger charge is 2.27. The number of nitrogens with zero attached hydrogens (tertiary/aromatic N) is 4. The second-order valence-corrected chi connectivity index (χ2v) is 5.38. The maximum Gasteiger partial charge on any atom is 0.287 e. The molecule has 4 N–H and O–H groups in total. The number of rotatable bonds is 7. The first-order valence-electron chi connectivity index (χ1n) is 7.64. The average Bonchev–Trinajstić information content (AvgIpc) is 3.32. The van der Waals surface area contributed by atoms with Gasteiger partial charge >= 0.3 is 0 Å². The van der Waals surface area contributed by atoms with Crippen molar-refractivity contribution in [2.75, 3.05) is 0 Å². The molecule has 26 heavy (non-hydrogen) atoms. The summed E-state index contributed by atoms with van der Waals surface area (Å²) in [4.78, 5) is 40.1. The van der Waals surface area contributed by atoms with Gasteiger partial charge < -0.3 is 11.1 Å². The number of nitrogens with two attached hydrogens (primary N) is 1. The summed E-state index contributed by atoms with van der Waals surface area (Å²) in [5, 5.41) is 13.0. The molecule has 1 atom stereocenters. The van der Waals surface area contributed by atoms with Crippen LogP contribution in [-0.2, 0) is 16.0 Å². The molecule has 10 nitrogen and oxygen atoms in total. The zero-order chi connectivity index (χ0) is 18.5. The van der Waals surface area contributed by atoms with Crippen LogP contribution in [0, 0.1) is 0 Å². The Morgan fingerprint density at radius 3 is 2.73 bits per heavy atom. The Balaban J connectivity index is 1.83. The van der Waals surface area contributed by atoms with Crippen molar-refractivity contribution in [3.8, 4) is 5.82 Å². The van der Waals surface area contributed by atoms with Crippen LogP contribution in [0.2, 0.25) is 0 Å². The minimum absolute atomic E-state index is 0.0712. The van der Waals surface area contributed by atoms with Crippen LogP contribution >= 0.6 is 0 Å². The molecule has 0 aliphatic carbocycles. The number of hydrogen-bond acceptors (Lipinski definition) is 6. The minimum atomic E-state index is -1.13. The van der Waals surface area contributed by atoms with Gasteiger partial charge in [0, 0.05) is 18.8 Å². The Bertz CT molecular complexity index is 918. The predicted molar refractivity (Wildman–Crippen MR) is 89.1 cm³/mol. The lowest BCUT2D eigenvalue weighted by atomic mass is 10.0. The van der Waals surface area contributed by atoms with Gasteiger partial charge in [-0.2, -0.15) is 10.2 Å². The van der Waals surface area contributed by atoms with Crippen LogP contribution in [0.3, 0.4) is 0 Å². The topological polar surface area (TPSA) is 149 Å². The summed E-state index contributed by atoms with van der Waals surface area (Å²) in [5.41, 5.74) is 5.90. The van der Waals surface area contributed by atoms with Gasteiger partial charge in [0.15, 0.2) is 5.82 Å². The van der Waals surface area contributed by atoms with Gasteiger partial charge in [-0.3, -0.25) is 19.5 Å². The number of amides is 2. The summed E-state index contributed by atoms with van der Waals surface area (Å²) in [6.07, 6.45) is 6.13. The van der Waals surface area contributed by atoms with Gasteiger partial charge in [-0.25, -0.2) is 9.67 Å². The molecule has 0 aliphatic rings. The summed E-state index contributed by atoms with van der Waals surface area (Å²) in [7, 11) is 0. The number of aromatic nitrogens is 5. The normalized spacial score (nSPS) is 11.7. The first-order valence-corrected chi connectivity index (χ1v) is 7.64. The second kappa shape index (κ2) is 7.38. The van der Waals surface area contributed by atoms with Crippen molar-refractivity contribution < 1.29 is 14.4 Å². The van der Waals surface area contributed by atoms with Crippen LogP contribution in [0.4, 0.5) is 0 Å². The van der Waals surface area contributed by atoms with Gasteiger partial charge in [-0.15, -0.1) is 0 Å². The van der Waals surface area contributed by atoms with Crippen molar-refractivity contribution in [3.05, 3.63) is 60.3 Å². The van der Waals surface area contributed by atoms with Crippen molar-refractivity contribution >= 4 is 17.6 Å². The van der Waals surface area contributed by atoms with Gasteiger partial charge in [-0.1, -0.05) is 6.07 Å². The van der Waals surface area contributed by atoms with E-state index >= 15 is 0 Å². The molecule has 10 heteroatoms. The first kappa shape index (κ1) is 17.0. The molecule has 0 bridgehead atoms. The van der Waals surface area contributed by atoms with E-state index in [1.54, 1.807) is 30.6 Å². The van der Waals surface area contributed by atoms with Crippen molar-refractivity contribution in [2.24, 2.45) is 5.73 Å². The van der Waals surface area contributed by atoms with Crippen LogP contribution in [0.15, 0.2) is 49.1 Å². The van der Waals surface area contributed by atoms with E-state index in [-0.39, 0.29) is 12.1 Å². The van der Waals surface area contributed by atoms with Crippen LogP contribution in [0.1, 0.15) is 16.1 Å². The van der Waals surface area contributed by atoms with Crippen LogP contribution < -0.4 is 11.1 Å². The Kier molecular flexibility index (Phi) is 4.83. The van der Waals surface area contributed by atoms with Crippen LogP contribution in [-0.4, -0.2) is 48.6 Å². The SMILES string of the molecule is NC(=O)C(=O)C(Cc1cn[nH]c1)NC(=O)c1ccnn1-c1ccccn1. The number of Topliss-reactive ketones (excluding diaryl/α,β-unsaturated/α-hetero) is 1. The molecule has 3 aromatic rings. The quantitative estimate of drug-likeness (QED) is 0.482. The summed E-state index contributed by atoms with van der Waals surface area (Å²) in [5.74, 6) is -2.17. The number of pyridine rings is 1. The largest absolute Gasteiger partial charge is 0.363 e. The maximum atomic E-state index is 12.6. The number of primary amides is 1. The lowest BCUT2D eigenvalue weighted by Gasteiger charge is -2.16. The molecule has 3 heterocycles.